The van der Waals surface area contributed by atoms with Crippen molar-refractivity contribution in [3.8, 4) is 11.1 Å². The Morgan fingerprint density at radius 1 is 0.878 bits per heavy atom. The van der Waals surface area contributed by atoms with Crippen LogP contribution in [0.3, 0.4) is 0 Å². The van der Waals surface area contributed by atoms with Crippen molar-refractivity contribution in [3.05, 3.63) is 95.7 Å². The molecule has 0 spiro atoms. The van der Waals surface area contributed by atoms with Gasteiger partial charge in [-0.15, -0.1) is 0 Å². The fourth-order valence-corrected chi connectivity index (χ4v) is 5.50. The van der Waals surface area contributed by atoms with E-state index in [1.165, 1.54) is 37.4 Å². The molecule has 10 heteroatoms. The fourth-order valence-electron chi connectivity index (χ4n) is 4.33. The molecule has 0 aliphatic carbocycles. The van der Waals surface area contributed by atoms with Crippen LogP contribution in [-0.4, -0.2) is 46.1 Å². The monoisotopic (exact) mass is 590 g/mol. The van der Waals surface area contributed by atoms with E-state index < -0.39 is 36.2 Å². The topological polar surface area (TPSA) is 127 Å². The predicted molar refractivity (Wildman–Crippen MR) is 161 cm³/mol. The van der Waals surface area contributed by atoms with Gasteiger partial charge in [0.2, 0.25) is 5.91 Å². The number of rotatable bonds is 7. The summed E-state index contributed by atoms with van der Waals surface area (Å²) in [5, 5.41) is 3.07. The molecule has 0 saturated carbocycles. The summed E-state index contributed by atoms with van der Waals surface area (Å²) in [5.74, 6) is -1.18. The molecular weight excluding hydrogens is 560 g/mol. The standard InChI is InChI=1S/C31H30N2O6S2/c1-20(34)33-30(35)28(22-11-13-26(14-12-22)40(4,36)37)17-21-8-6-9-23(16-21)27-19-25(31(2,3)41(5,38)39)18-24-10-7-15-32-29(24)27/h6-19H,1-5H3,(H,33,34,35)/b28-17+. The fraction of sp³-hybridized carbons (Fsp3) is 0.194. The maximum Gasteiger partial charge on any atom is 0.258 e. The second kappa shape index (κ2) is 11.0. The Morgan fingerprint density at radius 3 is 2.17 bits per heavy atom. The zero-order valence-corrected chi connectivity index (χ0v) is 24.9. The molecule has 0 radical (unpaired) electrons. The van der Waals surface area contributed by atoms with E-state index >= 15 is 0 Å². The number of hydrogen-bond acceptors (Lipinski definition) is 7. The largest absolute Gasteiger partial charge is 0.293 e. The quantitative estimate of drug-likeness (QED) is 0.242. The van der Waals surface area contributed by atoms with E-state index in [1.54, 1.807) is 44.3 Å². The third-order valence-electron chi connectivity index (χ3n) is 6.96. The van der Waals surface area contributed by atoms with E-state index in [0.29, 0.717) is 22.2 Å². The lowest BCUT2D eigenvalue weighted by molar-refractivity contribution is -0.126. The molecule has 0 atom stereocenters. The number of nitrogens with one attached hydrogen (secondary N) is 1. The summed E-state index contributed by atoms with van der Waals surface area (Å²) in [6.45, 7) is 4.56. The first-order chi connectivity index (χ1) is 19.1. The van der Waals surface area contributed by atoms with Crippen LogP contribution >= 0.6 is 0 Å². The van der Waals surface area contributed by atoms with Crippen LogP contribution in [0.5, 0.6) is 0 Å². The highest BCUT2D eigenvalue weighted by Gasteiger charge is 2.33. The van der Waals surface area contributed by atoms with Crippen LogP contribution < -0.4 is 5.32 Å². The lowest BCUT2D eigenvalue weighted by atomic mass is 9.92. The van der Waals surface area contributed by atoms with Crippen LogP contribution in [0.25, 0.3) is 33.7 Å². The van der Waals surface area contributed by atoms with Crippen molar-refractivity contribution < 1.29 is 26.4 Å². The summed E-state index contributed by atoms with van der Waals surface area (Å²) < 4.78 is 48.0. The molecule has 8 nitrogen and oxygen atoms in total. The minimum Gasteiger partial charge on any atom is -0.293 e. The summed E-state index contributed by atoms with van der Waals surface area (Å²) in [4.78, 5) is 29.4. The maximum absolute atomic E-state index is 13.0. The highest BCUT2D eigenvalue weighted by atomic mass is 32.2. The number of imide groups is 1. The van der Waals surface area contributed by atoms with E-state index in [4.69, 9.17) is 0 Å². The van der Waals surface area contributed by atoms with Gasteiger partial charge in [0.05, 0.1) is 15.2 Å². The zero-order chi connectivity index (χ0) is 30.2. The summed E-state index contributed by atoms with van der Waals surface area (Å²) in [6, 6.07) is 20.5. The SMILES string of the molecule is CC(=O)NC(=O)/C(=C/c1cccc(-c2cc(C(C)(C)S(C)(=O)=O)cc3cccnc23)c1)c1ccc(S(C)(=O)=O)cc1. The van der Waals surface area contributed by atoms with Crippen LogP contribution in [0.1, 0.15) is 37.5 Å². The number of hydrogen-bond donors (Lipinski definition) is 1. The summed E-state index contributed by atoms with van der Waals surface area (Å²) in [5.41, 5.74) is 3.97. The van der Waals surface area contributed by atoms with Crippen LogP contribution in [0.2, 0.25) is 0 Å². The zero-order valence-electron chi connectivity index (χ0n) is 23.3. The molecule has 0 bridgehead atoms. The molecule has 3 aromatic carbocycles. The number of carbonyl (C=O) groups excluding carboxylic acids is 2. The Labute approximate surface area is 240 Å². The van der Waals surface area contributed by atoms with Crippen molar-refractivity contribution in [1.82, 2.24) is 10.3 Å². The van der Waals surface area contributed by atoms with Gasteiger partial charge in [0.1, 0.15) is 0 Å². The van der Waals surface area contributed by atoms with E-state index in [9.17, 15) is 26.4 Å². The third kappa shape index (κ3) is 6.44. The van der Waals surface area contributed by atoms with Gasteiger partial charge in [0.15, 0.2) is 19.7 Å². The number of amides is 2. The Kier molecular flexibility index (Phi) is 8.02. The Hall–Kier alpha value is -4.15. The minimum absolute atomic E-state index is 0.103. The summed E-state index contributed by atoms with van der Waals surface area (Å²) in [7, 11) is -6.89. The Morgan fingerprint density at radius 2 is 1.56 bits per heavy atom. The first kappa shape index (κ1) is 29.8. The molecule has 0 saturated heterocycles. The number of carbonyl (C=O) groups is 2. The molecule has 1 heterocycles. The van der Waals surface area contributed by atoms with Crippen molar-refractivity contribution >= 4 is 54.0 Å². The highest BCUT2D eigenvalue weighted by molar-refractivity contribution is 7.91. The molecule has 4 aromatic rings. The first-order valence-corrected chi connectivity index (χ1v) is 16.4. The van der Waals surface area contributed by atoms with Crippen LogP contribution in [0.4, 0.5) is 0 Å². The van der Waals surface area contributed by atoms with Crippen LogP contribution in [0, 0.1) is 0 Å². The molecule has 41 heavy (non-hydrogen) atoms. The minimum atomic E-state index is -3.45. The summed E-state index contributed by atoms with van der Waals surface area (Å²) in [6.07, 6.45) is 5.58. The van der Waals surface area contributed by atoms with Crippen molar-refractivity contribution in [3.63, 3.8) is 0 Å². The average Bonchev–Trinajstić information content (AvgIpc) is 2.89. The molecule has 0 unspecified atom stereocenters. The average molecular weight is 591 g/mol. The number of fused-ring (bicyclic) bond motifs is 1. The molecule has 0 aliphatic heterocycles. The van der Waals surface area contributed by atoms with Crippen LogP contribution in [0.15, 0.2) is 83.9 Å². The number of pyridine rings is 1. The van der Waals surface area contributed by atoms with Gasteiger partial charge in [-0.05, 0) is 78.6 Å². The Bertz CT molecular complexity index is 1930. The molecule has 0 fully saturated rings. The van der Waals surface area contributed by atoms with Crippen molar-refractivity contribution in [1.29, 1.82) is 0 Å². The molecule has 1 aromatic heterocycles. The van der Waals surface area contributed by atoms with Crippen molar-refractivity contribution in [2.45, 2.75) is 30.4 Å². The maximum atomic E-state index is 13.0. The predicted octanol–water partition coefficient (Wildman–Crippen LogP) is 4.79. The lowest BCUT2D eigenvalue weighted by Crippen LogP contribution is -2.28. The molecule has 1 N–H and O–H groups in total. The van der Waals surface area contributed by atoms with Gasteiger partial charge in [-0.1, -0.05) is 36.4 Å². The highest BCUT2D eigenvalue weighted by Crippen LogP contribution is 2.37. The summed E-state index contributed by atoms with van der Waals surface area (Å²) >= 11 is 0. The number of sulfone groups is 2. The van der Waals surface area contributed by atoms with Crippen LogP contribution in [-0.2, 0) is 34.0 Å². The third-order valence-corrected chi connectivity index (χ3v) is 10.2. The van der Waals surface area contributed by atoms with Gasteiger partial charge in [-0.25, -0.2) is 16.8 Å². The van der Waals surface area contributed by atoms with Crippen molar-refractivity contribution in [2.24, 2.45) is 0 Å². The van der Waals surface area contributed by atoms with E-state index in [0.717, 1.165) is 22.8 Å². The van der Waals surface area contributed by atoms with Gasteiger partial charge in [0.25, 0.3) is 5.91 Å². The first-order valence-electron chi connectivity index (χ1n) is 12.6. The number of nitrogens with zero attached hydrogens (tertiary/aromatic N) is 1. The normalized spacial score (nSPS) is 12.8. The molecule has 2 amide bonds. The van der Waals surface area contributed by atoms with Gasteiger partial charge < -0.3 is 0 Å². The van der Waals surface area contributed by atoms with Gasteiger partial charge in [-0.2, -0.15) is 0 Å². The molecular formula is C31H30N2O6S2. The van der Waals surface area contributed by atoms with E-state index in [-0.39, 0.29) is 10.5 Å². The molecule has 0 aliphatic rings. The van der Waals surface area contributed by atoms with E-state index in [2.05, 4.69) is 10.3 Å². The second-order valence-corrected chi connectivity index (χ2v) is 15.0. The number of aromatic nitrogens is 1. The van der Waals surface area contributed by atoms with Gasteiger partial charge in [0, 0.05) is 42.2 Å². The van der Waals surface area contributed by atoms with E-state index in [1.807, 2.05) is 30.3 Å². The molecule has 212 valence electrons. The second-order valence-electron chi connectivity index (χ2n) is 10.4. The lowest BCUT2D eigenvalue weighted by Gasteiger charge is -2.24. The van der Waals surface area contributed by atoms with Gasteiger partial charge in [-0.3, -0.25) is 19.9 Å². The smallest absolute Gasteiger partial charge is 0.258 e. The number of benzene rings is 3. The van der Waals surface area contributed by atoms with Gasteiger partial charge >= 0.3 is 0 Å². The van der Waals surface area contributed by atoms with Crippen molar-refractivity contribution in [2.75, 3.05) is 12.5 Å². The molecule has 4 rings (SSSR count). The Balaban J connectivity index is 1.89.